The minimum Gasteiger partial charge on any atom is -0.453 e. The van der Waals surface area contributed by atoms with Gasteiger partial charge in [-0.05, 0) is 96.6 Å². The van der Waals surface area contributed by atoms with Gasteiger partial charge in [0.05, 0.1) is 48.7 Å². The Morgan fingerprint density at radius 2 is 1.49 bits per heavy atom. The molecule has 4 aliphatic rings. The molecule has 4 aromatic carbocycles. The van der Waals surface area contributed by atoms with Crippen LogP contribution in [0.3, 0.4) is 0 Å². The standard InChI is InChI=1S/C57H68N8O6/c1-4-35(2)49(63-57(69)70-3)55(67)64-28-12-17-47(64)52-58-31-46(60-52)39-20-18-38(19-21-39)42-24-26-44-43(30-42)25-27-45-51(44)61-53(59-45)48-29-37(34-71-33-36-13-8-5-6-9-14-36)32-65(48)56(68)50(40-15-10-7-11-16-40)62-54(66)41-22-23-41/h7,10-11,15-16,18-21,24-27,30-31,35-37,41,47-50H,4-6,8-9,12-14,17,22-23,28-29,32-34H2,1-3H3,(H,58,60)(H,59,61)(H,62,66)(H,63,69)/t35-,37-,47-,48-,49-,50+/m0/s1. The maximum absolute atomic E-state index is 14.9. The third kappa shape index (κ3) is 10.6. The van der Waals surface area contributed by atoms with E-state index in [4.69, 9.17) is 19.4 Å². The monoisotopic (exact) mass is 961 g/mol. The molecule has 2 saturated heterocycles. The molecule has 6 aromatic rings. The Morgan fingerprint density at radius 1 is 0.746 bits per heavy atom. The molecule has 2 aromatic heterocycles. The van der Waals surface area contributed by atoms with Crippen LogP contribution in [0.2, 0.25) is 0 Å². The van der Waals surface area contributed by atoms with Crippen LogP contribution in [-0.4, -0.2) is 93.0 Å². The highest BCUT2D eigenvalue weighted by Gasteiger charge is 2.43. The first-order valence-electron chi connectivity index (χ1n) is 26.1. The molecule has 0 radical (unpaired) electrons. The zero-order valence-corrected chi connectivity index (χ0v) is 41.3. The molecule has 0 spiro atoms. The van der Waals surface area contributed by atoms with Crippen molar-refractivity contribution in [3.8, 4) is 22.4 Å². The Balaban J connectivity index is 0.868. The number of benzene rings is 4. The number of H-pyrrole nitrogens is 2. The van der Waals surface area contributed by atoms with Crippen molar-refractivity contribution in [2.45, 2.75) is 115 Å². The molecule has 4 heterocycles. The number of ether oxygens (including phenoxy) is 2. The summed E-state index contributed by atoms with van der Waals surface area (Å²) in [5.41, 5.74) is 6.52. The fourth-order valence-corrected chi connectivity index (χ4v) is 11.2. The van der Waals surface area contributed by atoms with Crippen LogP contribution in [0.25, 0.3) is 44.2 Å². The van der Waals surface area contributed by atoms with Crippen molar-refractivity contribution < 1.29 is 28.7 Å². The number of nitrogens with one attached hydrogen (secondary N) is 4. The van der Waals surface area contributed by atoms with Crippen LogP contribution in [0.1, 0.15) is 126 Å². The number of fused-ring (bicyclic) bond motifs is 3. The highest BCUT2D eigenvalue weighted by molar-refractivity contribution is 6.05. The maximum atomic E-state index is 14.9. The molecule has 0 unspecified atom stereocenters. The molecule has 10 rings (SSSR count). The fourth-order valence-electron chi connectivity index (χ4n) is 11.2. The quantitative estimate of drug-likeness (QED) is 0.0694. The molecule has 4 fully saturated rings. The Hall–Kier alpha value is -6.54. The van der Waals surface area contributed by atoms with Gasteiger partial charge in [-0.2, -0.15) is 0 Å². The van der Waals surface area contributed by atoms with E-state index in [1.165, 1.54) is 45.6 Å². The zero-order valence-electron chi connectivity index (χ0n) is 41.3. The van der Waals surface area contributed by atoms with Crippen LogP contribution in [-0.2, 0) is 23.9 Å². The average molecular weight is 961 g/mol. The summed E-state index contributed by atoms with van der Waals surface area (Å²) < 4.78 is 11.3. The largest absolute Gasteiger partial charge is 0.453 e. The summed E-state index contributed by atoms with van der Waals surface area (Å²) in [7, 11) is 1.31. The van der Waals surface area contributed by atoms with E-state index < -0.39 is 18.2 Å². The number of hydrogen-bond donors (Lipinski definition) is 4. The number of nitrogens with zero attached hydrogens (tertiary/aromatic N) is 4. The van der Waals surface area contributed by atoms with Crippen molar-refractivity contribution in [2.24, 2.45) is 23.7 Å². The second kappa shape index (κ2) is 21.4. The second-order valence-corrected chi connectivity index (χ2v) is 20.6. The topological polar surface area (TPSA) is 175 Å². The second-order valence-electron chi connectivity index (χ2n) is 20.6. The lowest BCUT2D eigenvalue weighted by molar-refractivity contribution is -0.138. The van der Waals surface area contributed by atoms with Crippen molar-refractivity contribution in [2.75, 3.05) is 33.4 Å². The summed E-state index contributed by atoms with van der Waals surface area (Å²) in [6, 6.07) is 26.7. The van der Waals surface area contributed by atoms with Crippen molar-refractivity contribution in [3.05, 3.63) is 108 Å². The predicted molar refractivity (Wildman–Crippen MR) is 274 cm³/mol. The predicted octanol–water partition coefficient (Wildman–Crippen LogP) is 10.4. The van der Waals surface area contributed by atoms with E-state index in [-0.39, 0.29) is 47.6 Å². The number of aromatic amines is 2. The Kier molecular flexibility index (Phi) is 14.5. The summed E-state index contributed by atoms with van der Waals surface area (Å²) >= 11 is 0. The number of carbonyl (C=O) groups excluding carboxylic acids is 4. The number of methoxy groups -OCH3 is 1. The highest BCUT2D eigenvalue weighted by atomic mass is 16.5. The Bertz CT molecular complexity index is 2830. The number of likely N-dealkylation sites (tertiary alicyclic amines) is 2. The van der Waals surface area contributed by atoms with Crippen LogP contribution in [0, 0.1) is 23.7 Å². The average Bonchev–Trinajstić information content (AvgIpc) is 3.66. The molecule has 14 heteroatoms. The van der Waals surface area contributed by atoms with E-state index >= 15 is 0 Å². The number of alkyl carbamates (subject to hydrolysis) is 1. The number of rotatable bonds is 16. The van der Waals surface area contributed by atoms with Gasteiger partial charge in [-0.3, -0.25) is 14.4 Å². The fraction of sp³-hybridized carbons (Fsp3) is 0.474. The van der Waals surface area contributed by atoms with Crippen LogP contribution in [0.5, 0.6) is 0 Å². The first-order valence-corrected chi connectivity index (χ1v) is 26.1. The number of amides is 4. The van der Waals surface area contributed by atoms with E-state index in [1.54, 1.807) is 0 Å². The van der Waals surface area contributed by atoms with Gasteiger partial charge in [-0.25, -0.2) is 14.8 Å². The molecule has 4 amide bonds. The number of imidazole rings is 2. The SMILES string of the molecule is CC[C@H](C)[C@H](NC(=O)OC)C(=O)N1CCC[C@H]1c1ncc(-c2ccc(-c3ccc4c(ccc5[nH]c([C@@H]6C[C@H](COCC7CCCCCC7)CN6C(=O)[C@H](NC(=O)C6CC6)c6ccccc6)nc54)c3)cc2)[nH]1. The molecule has 2 aliphatic carbocycles. The van der Waals surface area contributed by atoms with Crippen molar-refractivity contribution in [3.63, 3.8) is 0 Å². The summed E-state index contributed by atoms with van der Waals surface area (Å²) in [5.74, 6) is 1.79. The van der Waals surface area contributed by atoms with E-state index in [0.29, 0.717) is 32.0 Å². The summed E-state index contributed by atoms with van der Waals surface area (Å²) in [6.45, 7) is 6.43. The molecule has 0 bridgehead atoms. The van der Waals surface area contributed by atoms with E-state index in [0.717, 1.165) is 100 Å². The lowest BCUT2D eigenvalue weighted by Crippen LogP contribution is -2.51. The first-order chi connectivity index (χ1) is 34.6. The maximum Gasteiger partial charge on any atom is 0.407 e. The Morgan fingerprint density at radius 3 is 2.24 bits per heavy atom. The lowest BCUT2D eigenvalue weighted by Gasteiger charge is -2.30. The molecule has 2 saturated carbocycles. The Labute approximate surface area is 416 Å². The van der Waals surface area contributed by atoms with Gasteiger partial charge in [0.25, 0.3) is 0 Å². The smallest absolute Gasteiger partial charge is 0.407 e. The van der Waals surface area contributed by atoms with Gasteiger partial charge >= 0.3 is 6.09 Å². The summed E-state index contributed by atoms with van der Waals surface area (Å²) in [4.78, 5) is 75.1. The van der Waals surface area contributed by atoms with Gasteiger partial charge in [-0.15, -0.1) is 0 Å². The van der Waals surface area contributed by atoms with Gasteiger partial charge in [-0.1, -0.05) is 119 Å². The van der Waals surface area contributed by atoms with E-state index in [2.05, 4.69) is 75.2 Å². The van der Waals surface area contributed by atoms with Gasteiger partial charge in [0.1, 0.15) is 23.7 Å². The minimum absolute atomic E-state index is 0.0315. The van der Waals surface area contributed by atoms with Crippen LogP contribution in [0.15, 0.2) is 91.1 Å². The molecule has 14 nitrogen and oxygen atoms in total. The molecular weight excluding hydrogens is 893 g/mol. The van der Waals surface area contributed by atoms with E-state index in [9.17, 15) is 19.2 Å². The molecule has 4 N–H and O–H groups in total. The lowest BCUT2D eigenvalue weighted by atomic mass is 9.97. The summed E-state index contributed by atoms with van der Waals surface area (Å²) in [6.07, 6.45) is 13.6. The third-order valence-electron chi connectivity index (χ3n) is 15.7. The van der Waals surface area contributed by atoms with Crippen molar-refractivity contribution >= 4 is 45.6 Å². The normalized spacial score (nSPS) is 21.0. The van der Waals surface area contributed by atoms with Crippen molar-refractivity contribution in [1.82, 2.24) is 40.4 Å². The molecule has 71 heavy (non-hydrogen) atoms. The molecular formula is C57H68N8O6. The molecule has 2 aliphatic heterocycles. The minimum atomic E-state index is -0.793. The van der Waals surface area contributed by atoms with Crippen molar-refractivity contribution in [1.29, 1.82) is 0 Å². The van der Waals surface area contributed by atoms with Gasteiger partial charge in [0, 0.05) is 36.9 Å². The van der Waals surface area contributed by atoms with E-state index in [1.807, 2.05) is 60.2 Å². The number of carbonyl (C=O) groups is 4. The van der Waals surface area contributed by atoms with Gasteiger partial charge in [0.15, 0.2) is 0 Å². The van der Waals surface area contributed by atoms with Gasteiger partial charge < -0.3 is 39.9 Å². The van der Waals surface area contributed by atoms with Crippen LogP contribution < -0.4 is 10.6 Å². The molecule has 6 atom stereocenters. The highest BCUT2D eigenvalue weighted by Crippen LogP contribution is 2.40. The summed E-state index contributed by atoms with van der Waals surface area (Å²) in [5, 5.41) is 7.98. The first kappa shape index (κ1) is 48.1. The molecule has 372 valence electrons. The zero-order chi connectivity index (χ0) is 49.0. The van der Waals surface area contributed by atoms with Crippen LogP contribution in [0.4, 0.5) is 4.79 Å². The van der Waals surface area contributed by atoms with Gasteiger partial charge in [0.2, 0.25) is 17.7 Å². The van der Waals surface area contributed by atoms with Crippen LogP contribution >= 0.6 is 0 Å². The number of hydrogen-bond acceptors (Lipinski definition) is 8. The number of aromatic nitrogens is 4. The third-order valence-corrected chi connectivity index (χ3v) is 15.7.